The number of ketones is 1. The lowest BCUT2D eigenvalue weighted by molar-refractivity contribution is -0.137. The number of rotatable bonds is 5. The Morgan fingerprint density at radius 3 is 2.52 bits per heavy atom. The standard InChI is InChI=1S/C22H15BrF3N3O2/c23-14-7-9-16-18(11-14)29-21(27-16)28-17-10-13(22(24,25)26)6-8-15(17)20(31)19(30)12-4-2-1-3-5-12/h1-11,19,30H,(H2,27,28,29). The second-order valence-electron chi connectivity index (χ2n) is 6.81. The molecule has 3 N–H and O–H groups in total. The van der Waals surface area contributed by atoms with Gasteiger partial charge in [-0.3, -0.25) is 4.79 Å². The fourth-order valence-corrected chi connectivity index (χ4v) is 3.50. The first-order valence-corrected chi connectivity index (χ1v) is 9.92. The zero-order valence-corrected chi connectivity index (χ0v) is 17.3. The number of nitrogens with zero attached hydrogens (tertiary/aromatic N) is 1. The number of halogens is 4. The number of fused-ring (bicyclic) bond motifs is 1. The summed E-state index contributed by atoms with van der Waals surface area (Å²) >= 11 is 3.34. The zero-order valence-electron chi connectivity index (χ0n) is 15.7. The second kappa shape index (κ2) is 8.16. The Balaban J connectivity index is 1.75. The third-order valence-corrected chi connectivity index (χ3v) is 5.17. The summed E-state index contributed by atoms with van der Waals surface area (Å²) in [6, 6.07) is 16.2. The van der Waals surface area contributed by atoms with Crippen LogP contribution in [0, 0.1) is 0 Å². The van der Waals surface area contributed by atoms with E-state index in [1.807, 2.05) is 0 Å². The molecular weight excluding hydrogens is 475 g/mol. The highest BCUT2D eigenvalue weighted by Gasteiger charge is 2.32. The number of hydrogen-bond acceptors (Lipinski definition) is 4. The molecule has 4 rings (SSSR count). The van der Waals surface area contributed by atoms with Gasteiger partial charge in [-0.05, 0) is 42.0 Å². The number of Topliss-reactive ketones (excluding diaryl/α,β-unsaturated/α-hetero) is 1. The fourth-order valence-electron chi connectivity index (χ4n) is 3.14. The molecule has 0 spiro atoms. The predicted octanol–water partition coefficient (Wildman–Crippen LogP) is 6.00. The zero-order chi connectivity index (χ0) is 22.2. The number of anilines is 2. The van der Waals surface area contributed by atoms with Gasteiger partial charge in [0.1, 0.15) is 6.10 Å². The maximum absolute atomic E-state index is 13.3. The fraction of sp³-hybridized carbons (Fsp3) is 0.0909. The summed E-state index contributed by atoms with van der Waals surface area (Å²) in [5, 5.41) is 13.2. The lowest BCUT2D eigenvalue weighted by Gasteiger charge is -2.16. The average Bonchev–Trinajstić information content (AvgIpc) is 3.14. The smallest absolute Gasteiger partial charge is 0.380 e. The van der Waals surface area contributed by atoms with Crippen LogP contribution in [0.1, 0.15) is 27.6 Å². The highest BCUT2D eigenvalue weighted by molar-refractivity contribution is 9.10. The first kappa shape index (κ1) is 21.1. The van der Waals surface area contributed by atoms with E-state index in [1.54, 1.807) is 48.5 Å². The third kappa shape index (κ3) is 4.47. The van der Waals surface area contributed by atoms with Crippen molar-refractivity contribution in [1.29, 1.82) is 0 Å². The molecule has 4 aromatic rings. The van der Waals surface area contributed by atoms with Crippen LogP contribution in [-0.4, -0.2) is 20.9 Å². The summed E-state index contributed by atoms with van der Waals surface area (Å²) in [7, 11) is 0. The van der Waals surface area contributed by atoms with Crippen molar-refractivity contribution < 1.29 is 23.1 Å². The number of aliphatic hydroxyl groups is 1. The van der Waals surface area contributed by atoms with Crippen LogP contribution in [0.3, 0.4) is 0 Å². The van der Waals surface area contributed by atoms with Crippen LogP contribution >= 0.6 is 15.9 Å². The van der Waals surface area contributed by atoms with Crippen molar-refractivity contribution in [1.82, 2.24) is 9.97 Å². The van der Waals surface area contributed by atoms with E-state index >= 15 is 0 Å². The Morgan fingerprint density at radius 1 is 1.06 bits per heavy atom. The quantitative estimate of drug-likeness (QED) is 0.300. The van der Waals surface area contributed by atoms with Crippen LogP contribution < -0.4 is 5.32 Å². The Bertz CT molecular complexity index is 1260. The predicted molar refractivity (Wildman–Crippen MR) is 114 cm³/mol. The Morgan fingerprint density at radius 2 is 1.81 bits per heavy atom. The normalized spacial score (nSPS) is 12.7. The van der Waals surface area contributed by atoms with Gasteiger partial charge < -0.3 is 15.4 Å². The summed E-state index contributed by atoms with van der Waals surface area (Å²) in [6.07, 6.45) is -6.13. The number of alkyl halides is 3. The van der Waals surface area contributed by atoms with Gasteiger partial charge in [0.15, 0.2) is 5.78 Å². The average molecular weight is 490 g/mol. The molecule has 1 atom stereocenters. The molecule has 1 heterocycles. The number of aromatic nitrogens is 2. The van der Waals surface area contributed by atoms with Gasteiger partial charge >= 0.3 is 6.18 Å². The van der Waals surface area contributed by atoms with E-state index in [2.05, 4.69) is 31.2 Å². The first-order valence-electron chi connectivity index (χ1n) is 9.13. The van der Waals surface area contributed by atoms with Crippen molar-refractivity contribution in [2.24, 2.45) is 0 Å². The van der Waals surface area contributed by atoms with E-state index in [4.69, 9.17) is 0 Å². The lowest BCUT2D eigenvalue weighted by Crippen LogP contribution is -2.15. The van der Waals surface area contributed by atoms with Crippen molar-refractivity contribution in [2.45, 2.75) is 12.3 Å². The minimum Gasteiger partial charge on any atom is -0.380 e. The van der Waals surface area contributed by atoms with Crippen molar-refractivity contribution in [3.05, 3.63) is 87.9 Å². The van der Waals surface area contributed by atoms with E-state index in [-0.39, 0.29) is 17.2 Å². The number of nitrogens with one attached hydrogen (secondary N) is 2. The highest BCUT2D eigenvalue weighted by Crippen LogP contribution is 2.34. The molecule has 0 aliphatic rings. The maximum Gasteiger partial charge on any atom is 0.416 e. The number of carbonyl (C=O) groups is 1. The molecule has 0 bridgehead atoms. The molecule has 0 amide bonds. The van der Waals surface area contributed by atoms with E-state index in [1.165, 1.54) is 0 Å². The Hall–Kier alpha value is -3.17. The molecule has 31 heavy (non-hydrogen) atoms. The van der Waals surface area contributed by atoms with Crippen molar-refractivity contribution in [3.8, 4) is 0 Å². The molecule has 0 saturated heterocycles. The Kier molecular flexibility index (Phi) is 5.55. The van der Waals surface area contributed by atoms with Crippen LogP contribution in [0.2, 0.25) is 0 Å². The largest absolute Gasteiger partial charge is 0.416 e. The van der Waals surface area contributed by atoms with Gasteiger partial charge in [0.25, 0.3) is 0 Å². The molecule has 1 unspecified atom stereocenters. The lowest BCUT2D eigenvalue weighted by atomic mass is 9.97. The van der Waals surface area contributed by atoms with Gasteiger partial charge in [0, 0.05) is 10.0 Å². The molecule has 9 heteroatoms. The van der Waals surface area contributed by atoms with Crippen LogP contribution in [-0.2, 0) is 6.18 Å². The molecular formula is C22H15BrF3N3O2. The van der Waals surface area contributed by atoms with Crippen molar-refractivity contribution >= 4 is 44.4 Å². The maximum atomic E-state index is 13.3. The number of hydrogen-bond donors (Lipinski definition) is 3. The van der Waals surface area contributed by atoms with Gasteiger partial charge in [-0.25, -0.2) is 4.98 Å². The van der Waals surface area contributed by atoms with Gasteiger partial charge in [0.05, 0.1) is 22.3 Å². The summed E-state index contributed by atoms with van der Waals surface area (Å²) < 4.78 is 40.7. The molecule has 0 saturated carbocycles. The number of carbonyl (C=O) groups excluding carboxylic acids is 1. The molecule has 158 valence electrons. The number of aliphatic hydroxyl groups excluding tert-OH is 1. The Labute approximate surface area is 183 Å². The minimum atomic E-state index is -4.60. The summed E-state index contributed by atoms with van der Waals surface area (Å²) in [4.78, 5) is 20.2. The van der Waals surface area contributed by atoms with E-state index in [0.717, 1.165) is 22.7 Å². The second-order valence-corrected chi connectivity index (χ2v) is 7.72. The summed E-state index contributed by atoms with van der Waals surface area (Å²) in [6.45, 7) is 0. The first-order chi connectivity index (χ1) is 14.7. The van der Waals surface area contributed by atoms with E-state index in [9.17, 15) is 23.1 Å². The summed E-state index contributed by atoms with van der Waals surface area (Å²) in [5.74, 6) is -0.572. The van der Waals surface area contributed by atoms with Crippen LogP contribution in [0.25, 0.3) is 11.0 Å². The number of H-pyrrole nitrogens is 1. The number of aromatic amines is 1. The number of imidazole rings is 1. The van der Waals surface area contributed by atoms with Crippen LogP contribution in [0.5, 0.6) is 0 Å². The van der Waals surface area contributed by atoms with E-state index < -0.39 is 23.6 Å². The van der Waals surface area contributed by atoms with Gasteiger partial charge in [-0.1, -0.05) is 46.3 Å². The van der Waals surface area contributed by atoms with E-state index in [0.29, 0.717) is 16.6 Å². The molecule has 5 nitrogen and oxygen atoms in total. The molecule has 1 aromatic heterocycles. The van der Waals surface area contributed by atoms with Crippen LogP contribution in [0.4, 0.5) is 24.8 Å². The summed E-state index contributed by atoms with van der Waals surface area (Å²) in [5.41, 5.74) is 0.446. The van der Waals surface area contributed by atoms with Crippen LogP contribution in [0.15, 0.2) is 71.2 Å². The SMILES string of the molecule is O=C(c1ccc(C(F)(F)F)cc1Nc1nc2ccc(Br)cc2[nH]1)C(O)c1ccccc1. The third-order valence-electron chi connectivity index (χ3n) is 4.67. The highest BCUT2D eigenvalue weighted by atomic mass is 79.9. The molecule has 3 aromatic carbocycles. The topological polar surface area (TPSA) is 78.0 Å². The molecule has 0 aliphatic heterocycles. The molecule has 0 fully saturated rings. The minimum absolute atomic E-state index is 0.0917. The van der Waals surface area contributed by atoms with Crippen molar-refractivity contribution in [3.63, 3.8) is 0 Å². The van der Waals surface area contributed by atoms with Gasteiger partial charge in [0.2, 0.25) is 5.95 Å². The molecule has 0 aliphatic carbocycles. The van der Waals surface area contributed by atoms with Gasteiger partial charge in [-0.15, -0.1) is 0 Å². The molecule has 0 radical (unpaired) electrons. The number of benzene rings is 3. The monoisotopic (exact) mass is 489 g/mol. The van der Waals surface area contributed by atoms with Crippen molar-refractivity contribution in [2.75, 3.05) is 5.32 Å². The van der Waals surface area contributed by atoms with Gasteiger partial charge in [-0.2, -0.15) is 13.2 Å².